The highest BCUT2D eigenvalue weighted by Crippen LogP contribution is 2.31. The van der Waals surface area contributed by atoms with Crippen LogP contribution in [0.5, 0.6) is 0 Å². The second-order valence-corrected chi connectivity index (χ2v) is 7.37. The Bertz CT molecular complexity index is 526. The quantitative estimate of drug-likeness (QED) is 0.753. The van der Waals surface area contributed by atoms with Crippen LogP contribution >= 0.6 is 11.3 Å². The second-order valence-electron chi connectivity index (χ2n) is 4.61. The van der Waals surface area contributed by atoms with Crippen LogP contribution in [0.3, 0.4) is 0 Å². The van der Waals surface area contributed by atoms with Gasteiger partial charge in [-0.15, -0.1) is 0 Å². The molecular weight excluding hydrogens is 272 g/mol. The largest absolute Gasteiger partial charge is 0.358 e. The van der Waals surface area contributed by atoms with Gasteiger partial charge < -0.3 is 11.1 Å². The number of thiazole rings is 1. The lowest BCUT2D eigenvalue weighted by Crippen LogP contribution is -2.29. The molecule has 0 aromatic carbocycles. The van der Waals surface area contributed by atoms with Crippen molar-refractivity contribution < 1.29 is 8.42 Å². The number of anilines is 1. The van der Waals surface area contributed by atoms with Gasteiger partial charge in [0, 0.05) is 6.04 Å². The van der Waals surface area contributed by atoms with E-state index in [1.807, 2.05) is 0 Å². The summed E-state index contributed by atoms with van der Waals surface area (Å²) in [6.07, 6.45) is 3.30. The maximum atomic E-state index is 11.3. The summed E-state index contributed by atoms with van der Waals surface area (Å²) in [5.41, 5.74) is 6.16. The first-order valence-corrected chi connectivity index (χ1v) is 8.25. The molecule has 1 fully saturated rings. The molecule has 0 bridgehead atoms. The lowest BCUT2D eigenvalue weighted by Gasteiger charge is -2.18. The number of hydrogen-bond acceptors (Lipinski definition) is 6. The lowest BCUT2D eigenvalue weighted by atomic mass is 10.0. The standard InChI is InChI=1S/C10H18N4O2S2/c1-6-9(18(12,15)16)17-10(13-6)14-8-4-2-3-7(8)5-11/h7-8H,2-5,11H2,1H3,(H,13,14)(H2,12,15,16). The molecule has 5 N–H and O–H groups in total. The van der Waals surface area contributed by atoms with E-state index in [1.165, 1.54) is 0 Å². The minimum atomic E-state index is -3.67. The number of aromatic nitrogens is 1. The number of nitrogens with one attached hydrogen (secondary N) is 1. The van der Waals surface area contributed by atoms with Gasteiger partial charge in [0.25, 0.3) is 0 Å². The van der Waals surface area contributed by atoms with Gasteiger partial charge in [-0.2, -0.15) is 0 Å². The number of aryl methyl sites for hydroxylation is 1. The molecule has 8 heteroatoms. The summed E-state index contributed by atoms with van der Waals surface area (Å²) >= 11 is 1.09. The van der Waals surface area contributed by atoms with Crippen LogP contribution in [0, 0.1) is 12.8 Å². The van der Waals surface area contributed by atoms with Crippen LogP contribution in [0.15, 0.2) is 4.21 Å². The molecule has 2 rings (SSSR count). The van der Waals surface area contributed by atoms with Gasteiger partial charge in [-0.3, -0.25) is 0 Å². The number of nitrogens with two attached hydrogens (primary N) is 2. The summed E-state index contributed by atoms with van der Waals surface area (Å²) in [5.74, 6) is 0.437. The van der Waals surface area contributed by atoms with Crippen molar-refractivity contribution in [2.45, 2.75) is 36.4 Å². The number of rotatable bonds is 4. The molecular formula is C10H18N4O2S2. The third-order valence-corrected chi connectivity index (χ3v) is 5.93. The topological polar surface area (TPSA) is 111 Å². The molecule has 18 heavy (non-hydrogen) atoms. The van der Waals surface area contributed by atoms with E-state index in [1.54, 1.807) is 6.92 Å². The zero-order chi connectivity index (χ0) is 13.3. The Morgan fingerprint density at radius 3 is 2.78 bits per heavy atom. The van der Waals surface area contributed by atoms with Gasteiger partial charge >= 0.3 is 0 Å². The zero-order valence-corrected chi connectivity index (χ0v) is 11.9. The number of primary sulfonamides is 1. The van der Waals surface area contributed by atoms with Crippen molar-refractivity contribution in [2.24, 2.45) is 16.8 Å². The molecule has 1 saturated carbocycles. The molecule has 1 aliphatic rings. The molecule has 2 unspecified atom stereocenters. The molecule has 0 amide bonds. The molecule has 6 nitrogen and oxygen atoms in total. The average molecular weight is 290 g/mol. The highest BCUT2D eigenvalue weighted by atomic mass is 32.2. The van der Waals surface area contributed by atoms with Crippen LogP contribution in [0.2, 0.25) is 0 Å². The van der Waals surface area contributed by atoms with Crippen molar-refractivity contribution in [1.82, 2.24) is 4.98 Å². The van der Waals surface area contributed by atoms with Crippen LogP contribution in [-0.4, -0.2) is 26.0 Å². The summed E-state index contributed by atoms with van der Waals surface area (Å²) in [6.45, 7) is 2.29. The Kier molecular flexibility index (Phi) is 3.90. The minimum absolute atomic E-state index is 0.132. The molecule has 0 spiro atoms. The van der Waals surface area contributed by atoms with Gasteiger partial charge in [0.05, 0.1) is 5.69 Å². The molecule has 2 atom stereocenters. The van der Waals surface area contributed by atoms with Gasteiger partial charge in [-0.25, -0.2) is 18.5 Å². The molecule has 1 heterocycles. The monoisotopic (exact) mass is 290 g/mol. The van der Waals surface area contributed by atoms with E-state index in [0.717, 1.165) is 30.6 Å². The van der Waals surface area contributed by atoms with E-state index < -0.39 is 10.0 Å². The van der Waals surface area contributed by atoms with Crippen molar-refractivity contribution >= 4 is 26.5 Å². The van der Waals surface area contributed by atoms with Crippen LogP contribution in [0.25, 0.3) is 0 Å². The summed E-state index contributed by atoms with van der Waals surface area (Å²) in [7, 11) is -3.67. The average Bonchev–Trinajstić information content (AvgIpc) is 2.84. The smallest absolute Gasteiger partial charge is 0.249 e. The van der Waals surface area contributed by atoms with Gasteiger partial charge in [0.1, 0.15) is 0 Å². The maximum absolute atomic E-state index is 11.3. The zero-order valence-electron chi connectivity index (χ0n) is 10.2. The van der Waals surface area contributed by atoms with Crippen molar-refractivity contribution in [3.8, 4) is 0 Å². The number of sulfonamides is 1. The van der Waals surface area contributed by atoms with Crippen molar-refractivity contribution in [2.75, 3.05) is 11.9 Å². The van der Waals surface area contributed by atoms with Crippen molar-refractivity contribution in [3.05, 3.63) is 5.69 Å². The molecule has 1 aliphatic carbocycles. The van der Waals surface area contributed by atoms with E-state index in [4.69, 9.17) is 10.9 Å². The fraction of sp³-hybridized carbons (Fsp3) is 0.700. The van der Waals surface area contributed by atoms with Crippen LogP contribution in [-0.2, 0) is 10.0 Å². The van der Waals surface area contributed by atoms with Gasteiger partial charge in [-0.05, 0) is 32.2 Å². The predicted octanol–water partition coefficient (Wildman–Crippen LogP) is 0.638. The van der Waals surface area contributed by atoms with Crippen molar-refractivity contribution in [1.29, 1.82) is 0 Å². The Morgan fingerprint density at radius 2 is 2.22 bits per heavy atom. The molecule has 102 valence electrons. The predicted molar refractivity (Wildman–Crippen MR) is 72.0 cm³/mol. The third-order valence-electron chi connectivity index (χ3n) is 3.28. The summed E-state index contributed by atoms with van der Waals surface area (Å²) in [6, 6.07) is 0.286. The Balaban J connectivity index is 2.16. The summed E-state index contributed by atoms with van der Waals surface area (Å²) in [4.78, 5) is 4.22. The van der Waals surface area contributed by atoms with Gasteiger partial charge in [-0.1, -0.05) is 17.8 Å². The third kappa shape index (κ3) is 2.82. The second kappa shape index (κ2) is 5.12. The molecule has 0 saturated heterocycles. The van der Waals surface area contributed by atoms with Crippen LogP contribution < -0.4 is 16.2 Å². The van der Waals surface area contributed by atoms with Crippen LogP contribution in [0.1, 0.15) is 25.0 Å². The number of hydrogen-bond donors (Lipinski definition) is 3. The Labute approximate surface area is 111 Å². The first-order valence-electron chi connectivity index (χ1n) is 5.88. The molecule has 0 radical (unpaired) electrons. The SMILES string of the molecule is Cc1nc(NC2CCCC2CN)sc1S(N)(=O)=O. The summed E-state index contributed by atoms with van der Waals surface area (Å²) < 4.78 is 22.8. The van der Waals surface area contributed by atoms with Gasteiger partial charge in [0.2, 0.25) is 10.0 Å². The molecule has 1 aromatic heterocycles. The highest BCUT2D eigenvalue weighted by molar-refractivity contribution is 7.91. The normalized spacial score (nSPS) is 24.4. The van der Waals surface area contributed by atoms with E-state index in [9.17, 15) is 8.42 Å². The first kappa shape index (κ1) is 13.7. The summed E-state index contributed by atoms with van der Waals surface area (Å²) in [5, 5.41) is 9.02. The molecule has 0 aliphatic heterocycles. The number of nitrogens with zero attached hydrogens (tertiary/aromatic N) is 1. The van der Waals surface area contributed by atoms with E-state index in [-0.39, 0.29) is 10.3 Å². The minimum Gasteiger partial charge on any atom is -0.358 e. The Hall–Kier alpha value is -0.700. The van der Waals surface area contributed by atoms with E-state index in [0.29, 0.717) is 23.3 Å². The fourth-order valence-electron chi connectivity index (χ4n) is 2.38. The first-order chi connectivity index (χ1) is 8.41. The molecule has 1 aromatic rings. The highest BCUT2D eigenvalue weighted by Gasteiger charge is 2.27. The van der Waals surface area contributed by atoms with Crippen LogP contribution in [0.4, 0.5) is 5.13 Å². The Morgan fingerprint density at radius 1 is 1.50 bits per heavy atom. The fourth-order valence-corrected chi connectivity index (χ4v) is 4.30. The van der Waals surface area contributed by atoms with Crippen molar-refractivity contribution in [3.63, 3.8) is 0 Å². The maximum Gasteiger partial charge on any atom is 0.249 e. The lowest BCUT2D eigenvalue weighted by molar-refractivity contribution is 0.516. The van der Waals surface area contributed by atoms with Gasteiger partial charge in [0.15, 0.2) is 9.34 Å². The van der Waals surface area contributed by atoms with E-state index >= 15 is 0 Å². The van der Waals surface area contributed by atoms with E-state index in [2.05, 4.69) is 10.3 Å².